The van der Waals surface area contributed by atoms with Crippen LogP contribution in [0.3, 0.4) is 0 Å². The van der Waals surface area contributed by atoms with Crippen LogP contribution in [0.1, 0.15) is 42.6 Å². The minimum absolute atomic E-state index is 0.110. The van der Waals surface area contributed by atoms with Crippen LogP contribution in [0.5, 0.6) is 0 Å². The first-order valence-electron chi connectivity index (χ1n) is 8.91. The Morgan fingerprint density at radius 3 is 2.36 bits per heavy atom. The Hall–Kier alpha value is -1.44. The molecular weight excluding hydrogens is 338 g/mol. The molecular formula is C18H29N3O3S. The Balaban J connectivity index is 2.34. The largest absolute Gasteiger partial charge is 0.339 e. The number of carbonyl (C=O) groups excluding carboxylic acids is 1. The maximum atomic E-state index is 12.9. The summed E-state index contributed by atoms with van der Waals surface area (Å²) < 4.78 is 26.9. The van der Waals surface area contributed by atoms with Gasteiger partial charge in [0.15, 0.2) is 0 Å². The number of benzene rings is 1. The summed E-state index contributed by atoms with van der Waals surface area (Å²) in [6.07, 6.45) is 1.83. The number of carbonyl (C=O) groups is 1. The van der Waals surface area contributed by atoms with Gasteiger partial charge in [-0.25, -0.2) is 8.42 Å². The molecule has 1 aliphatic rings. The van der Waals surface area contributed by atoms with E-state index in [1.54, 1.807) is 17.0 Å². The normalized spacial score (nSPS) is 16.2. The van der Waals surface area contributed by atoms with Crippen molar-refractivity contribution in [3.8, 4) is 0 Å². The van der Waals surface area contributed by atoms with Crippen molar-refractivity contribution in [1.29, 1.82) is 0 Å². The van der Waals surface area contributed by atoms with Crippen molar-refractivity contribution in [1.82, 2.24) is 14.5 Å². The molecule has 0 atom stereocenters. The maximum Gasteiger partial charge on any atom is 0.254 e. The number of hydrogen-bond acceptors (Lipinski definition) is 4. The van der Waals surface area contributed by atoms with Gasteiger partial charge in [-0.2, -0.15) is 4.31 Å². The molecule has 0 unspecified atom stereocenters. The van der Waals surface area contributed by atoms with E-state index in [4.69, 9.17) is 0 Å². The molecule has 1 amide bonds. The molecule has 0 bridgehead atoms. The van der Waals surface area contributed by atoms with E-state index < -0.39 is 10.0 Å². The third-order valence-electron chi connectivity index (χ3n) is 4.96. The average Bonchev–Trinajstić information content (AvgIpc) is 2.62. The maximum absolute atomic E-state index is 12.9. The highest BCUT2D eigenvalue weighted by molar-refractivity contribution is 7.89. The topological polar surface area (TPSA) is 69.7 Å². The van der Waals surface area contributed by atoms with E-state index in [-0.39, 0.29) is 16.8 Å². The van der Waals surface area contributed by atoms with Crippen molar-refractivity contribution in [2.75, 3.05) is 33.2 Å². The van der Waals surface area contributed by atoms with Gasteiger partial charge in [0.1, 0.15) is 0 Å². The number of nitrogens with zero attached hydrogens (tertiary/aromatic N) is 2. The molecule has 0 aromatic heterocycles. The second kappa shape index (κ2) is 8.29. The van der Waals surface area contributed by atoms with Gasteiger partial charge in [-0.05, 0) is 50.6 Å². The highest BCUT2D eigenvalue weighted by Crippen LogP contribution is 2.22. The Morgan fingerprint density at radius 1 is 1.20 bits per heavy atom. The lowest BCUT2D eigenvalue weighted by atomic mass is 10.0. The third-order valence-corrected chi connectivity index (χ3v) is 7.01. The molecule has 1 heterocycles. The zero-order valence-electron chi connectivity index (χ0n) is 15.6. The summed E-state index contributed by atoms with van der Waals surface area (Å²) in [4.78, 5) is 14.9. The Kier molecular flexibility index (Phi) is 6.59. The van der Waals surface area contributed by atoms with E-state index in [2.05, 4.69) is 5.32 Å². The van der Waals surface area contributed by atoms with Crippen molar-refractivity contribution >= 4 is 15.9 Å². The molecule has 0 radical (unpaired) electrons. The molecule has 2 rings (SSSR count). The van der Waals surface area contributed by atoms with Crippen molar-refractivity contribution < 1.29 is 13.2 Å². The van der Waals surface area contributed by atoms with Crippen LogP contribution in [0.25, 0.3) is 0 Å². The van der Waals surface area contributed by atoms with Gasteiger partial charge in [0.2, 0.25) is 10.0 Å². The first kappa shape index (κ1) is 19.9. The lowest BCUT2D eigenvalue weighted by molar-refractivity contribution is 0.0702. The van der Waals surface area contributed by atoms with Gasteiger partial charge >= 0.3 is 0 Å². The van der Waals surface area contributed by atoms with E-state index in [9.17, 15) is 13.2 Å². The van der Waals surface area contributed by atoms with Gasteiger partial charge < -0.3 is 10.2 Å². The van der Waals surface area contributed by atoms with E-state index >= 15 is 0 Å². The smallest absolute Gasteiger partial charge is 0.254 e. The molecule has 1 fully saturated rings. The molecule has 1 N–H and O–H groups in total. The van der Waals surface area contributed by atoms with Crippen molar-refractivity contribution in [2.45, 2.75) is 44.6 Å². The van der Waals surface area contributed by atoms with E-state index in [1.165, 1.54) is 10.4 Å². The third kappa shape index (κ3) is 4.22. The fourth-order valence-electron chi connectivity index (χ4n) is 3.25. The number of amides is 1. The summed E-state index contributed by atoms with van der Waals surface area (Å²) in [7, 11) is -1.76. The fourth-order valence-corrected chi connectivity index (χ4v) is 4.74. The predicted octanol–water partition coefficient (Wildman–Crippen LogP) is 1.85. The standard InChI is InChI=1S/C18H29N3O3S/c1-5-21(6-2)25(23,24)16-8-7-14(3)17(13-16)18(22)20(4)15-9-11-19-12-10-15/h7-8,13,15,19H,5-6,9-12H2,1-4H3. The Labute approximate surface area is 151 Å². The monoisotopic (exact) mass is 367 g/mol. The lowest BCUT2D eigenvalue weighted by Gasteiger charge is -2.32. The molecule has 1 aromatic rings. The number of piperidine rings is 1. The number of sulfonamides is 1. The van der Waals surface area contributed by atoms with Crippen LogP contribution in [-0.4, -0.2) is 62.8 Å². The number of aryl methyl sites for hydroxylation is 1. The molecule has 0 saturated carbocycles. The number of nitrogens with one attached hydrogen (secondary N) is 1. The minimum Gasteiger partial charge on any atom is -0.339 e. The quantitative estimate of drug-likeness (QED) is 0.833. The first-order valence-corrected chi connectivity index (χ1v) is 10.4. The summed E-state index contributed by atoms with van der Waals surface area (Å²) in [5.41, 5.74) is 1.26. The van der Waals surface area contributed by atoms with E-state index in [0.29, 0.717) is 18.7 Å². The minimum atomic E-state index is -3.57. The van der Waals surface area contributed by atoms with Gasteiger partial charge in [-0.1, -0.05) is 19.9 Å². The van der Waals surface area contributed by atoms with E-state index in [1.807, 2.05) is 27.8 Å². The SMILES string of the molecule is CCN(CC)S(=O)(=O)c1ccc(C)c(C(=O)N(C)C2CCNCC2)c1. The van der Waals surface area contributed by atoms with Crippen molar-refractivity contribution in [3.63, 3.8) is 0 Å². The van der Waals surface area contributed by atoms with Crippen LogP contribution in [0, 0.1) is 6.92 Å². The molecule has 1 aliphatic heterocycles. The van der Waals surface area contributed by atoms with Gasteiger partial charge in [0.05, 0.1) is 4.90 Å². The van der Waals surface area contributed by atoms with Crippen molar-refractivity contribution in [3.05, 3.63) is 29.3 Å². The molecule has 1 aromatic carbocycles. The molecule has 6 nitrogen and oxygen atoms in total. The van der Waals surface area contributed by atoms with Crippen LogP contribution in [-0.2, 0) is 10.0 Å². The highest BCUT2D eigenvalue weighted by Gasteiger charge is 2.27. The first-order chi connectivity index (χ1) is 11.8. The Bertz CT molecular complexity index is 708. The number of rotatable bonds is 6. The predicted molar refractivity (Wildman–Crippen MR) is 99.3 cm³/mol. The van der Waals surface area contributed by atoms with Crippen LogP contribution in [0.4, 0.5) is 0 Å². The summed E-state index contributed by atoms with van der Waals surface area (Å²) >= 11 is 0. The fraction of sp³-hybridized carbons (Fsp3) is 0.611. The van der Waals surface area contributed by atoms with E-state index in [0.717, 1.165) is 31.5 Å². The van der Waals surface area contributed by atoms with Crippen LogP contribution in [0.2, 0.25) is 0 Å². The zero-order valence-corrected chi connectivity index (χ0v) is 16.4. The van der Waals surface area contributed by atoms with Crippen LogP contribution in [0.15, 0.2) is 23.1 Å². The molecule has 0 aliphatic carbocycles. The second-order valence-corrected chi connectivity index (χ2v) is 8.40. The zero-order chi connectivity index (χ0) is 18.6. The van der Waals surface area contributed by atoms with Gasteiger partial charge in [0, 0.05) is 31.7 Å². The second-order valence-electron chi connectivity index (χ2n) is 6.46. The summed E-state index contributed by atoms with van der Waals surface area (Å²) in [6, 6.07) is 5.03. The van der Waals surface area contributed by atoms with Gasteiger partial charge in [-0.3, -0.25) is 4.79 Å². The average molecular weight is 368 g/mol. The molecule has 0 spiro atoms. The Morgan fingerprint density at radius 2 is 1.80 bits per heavy atom. The molecule has 25 heavy (non-hydrogen) atoms. The molecule has 1 saturated heterocycles. The summed E-state index contributed by atoms with van der Waals surface area (Å²) in [6.45, 7) is 8.08. The number of hydrogen-bond donors (Lipinski definition) is 1. The van der Waals surface area contributed by atoms with Crippen LogP contribution < -0.4 is 5.32 Å². The van der Waals surface area contributed by atoms with Gasteiger partial charge in [-0.15, -0.1) is 0 Å². The summed E-state index contributed by atoms with van der Waals surface area (Å²) in [5, 5.41) is 3.29. The van der Waals surface area contributed by atoms with Crippen molar-refractivity contribution in [2.24, 2.45) is 0 Å². The molecule has 7 heteroatoms. The lowest BCUT2D eigenvalue weighted by Crippen LogP contribution is -2.44. The van der Waals surface area contributed by atoms with Gasteiger partial charge in [0.25, 0.3) is 5.91 Å². The highest BCUT2D eigenvalue weighted by atomic mass is 32.2. The molecule has 140 valence electrons. The summed E-state index contributed by atoms with van der Waals surface area (Å²) in [5.74, 6) is -0.110. The van der Waals surface area contributed by atoms with Crippen LogP contribution >= 0.6 is 0 Å².